The molecule has 1 aromatic heterocycles. The van der Waals surface area contributed by atoms with Crippen molar-refractivity contribution in [3.05, 3.63) is 41.5 Å². The van der Waals surface area contributed by atoms with E-state index >= 15 is 0 Å². The third-order valence-electron chi connectivity index (χ3n) is 3.38. The Morgan fingerprint density at radius 2 is 2.10 bits per heavy atom. The Balaban J connectivity index is 2.18. The molecular weight excluding hydrogens is 273 g/mol. The number of aromatic nitrogens is 4. The lowest BCUT2D eigenvalue weighted by molar-refractivity contribution is 0.195. The smallest absolute Gasteiger partial charge is 0.168 e. The van der Waals surface area contributed by atoms with Gasteiger partial charge in [0.05, 0.1) is 18.7 Å². The molecule has 0 aliphatic carbocycles. The van der Waals surface area contributed by atoms with Gasteiger partial charge >= 0.3 is 0 Å². The van der Waals surface area contributed by atoms with E-state index in [-0.39, 0.29) is 17.9 Å². The molecule has 6 nitrogen and oxygen atoms in total. The van der Waals surface area contributed by atoms with Crippen molar-refractivity contribution in [3.63, 3.8) is 0 Å². The number of halogens is 1. The number of benzene rings is 1. The van der Waals surface area contributed by atoms with Gasteiger partial charge in [-0.1, -0.05) is 18.2 Å². The minimum Gasteiger partial charge on any atom is -0.383 e. The van der Waals surface area contributed by atoms with Gasteiger partial charge < -0.3 is 10.1 Å². The van der Waals surface area contributed by atoms with Gasteiger partial charge in [-0.15, -0.1) is 5.10 Å². The summed E-state index contributed by atoms with van der Waals surface area (Å²) in [6.07, 6.45) is 0. The lowest BCUT2D eigenvalue weighted by atomic mass is 10.1. The molecule has 2 aromatic rings. The Kier molecular flexibility index (Phi) is 5.35. The SMILES string of the molecule is COCCNC(C)c1nnnn1C(C)c1ccccc1F. The molecule has 114 valence electrons. The maximum absolute atomic E-state index is 13.9. The summed E-state index contributed by atoms with van der Waals surface area (Å²) in [4.78, 5) is 0. The number of ether oxygens (including phenoxy) is 1. The predicted molar refractivity (Wildman–Crippen MR) is 76.3 cm³/mol. The topological polar surface area (TPSA) is 64.9 Å². The van der Waals surface area contributed by atoms with Crippen molar-refractivity contribution < 1.29 is 9.13 Å². The van der Waals surface area contributed by atoms with E-state index in [1.165, 1.54) is 6.07 Å². The van der Waals surface area contributed by atoms with E-state index in [2.05, 4.69) is 20.8 Å². The normalized spacial score (nSPS) is 14.1. The van der Waals surface area contributed by atoms with E-state index in [9.17, 15) is 4.39 Å². The van der Waals surface area contributed by atoms with E-state index in [0.717, 1.165) is 0 Å². The van der Waals surface area contributed by atoms with Gasteiger partial charge in [0, 0.05) is 19.2 Å². The van der Waals surface area contributed by atoms with Gasteiger partial charge in [0.25, 0.3) is 0 Å². The van der Waals surface area contributed by atoms with Gasteiger partial charge in [0.1, 0.15) is 5.82 Å². The van der Waals surface area contributed by atoms with E-state index < -0.39 is 0 Å². The summed E-state index contributed by atoms with van der Waals surface area (Å²) >= 11 is 0. The zero-order valence-electron chi connectivity index (χ0n) is 12.5. The molecule has 0 amide bonds. The van der Waals surface area contributed by atoms with Crippen LogP contribution in [-0.4, -0.2) is 40.5 Å². The lowest BCUT2D eigenvalue weighted by Gasteiger charge is -2.18. The minimum absolute atomic E-state index is 0.0515. The molecule has 1 heterocycles. The minimum atomic E-state index is -0.275. The van der Waals surface area contributed by atoms with Crippen LogP contribution in [0.2, 0.25) is 0 Å². The molecule has 21 heavy (non-hydrogen) atoms. The predicted octanol–water partition coefficient (Wildman–Crippen LogP) is 1.72. The fourth-order valence-corrected chi connectivity index (χ4v) is 2.18. The Morgan fingerprint density at radius 3 is 2.81 bits per heavy atom. The summed E-state index contributed by atoms with van der Waals surface area (Å²) in [5.41, 5.74) is 0.565. The van der Waals surface area contributed by atoms with Gasteiger partial charge in [0.15, 0.2) is 5.82 Å². The zero-order valence-corrected chi connectivity index (χ0v) is 12.5. The van der Waals surface area contributed by atoms with Crippen molar-refractivity contribution in [2.24, 2.45) is 0 Å². The van der Waals surface area contributed by atoms with Crippen molar-refractivity contribution in [2.75, 3.05) is 20.3 Å². The van der Waals surface area contributed by atoms with Gasteiger partial charge in [-0.3, -0.25) is 0 Å². The molecule has 0 saturated heterocycles. The molecule has 2 unspecified atom stereocenters. The maximum atomic E-state index is 13.9. The fourth-order valence-electron chi connectivity index (χ4n) is 2.18. The van der Waals surface area contributed by atoms with Crippen LogP contribution in [-0.2, 0) is 4.74 Å². The number of tetrazole rings is 1. The molecule has 7 heteroatoms. The molecule has 0 aliphatic rings. The summed E-state index contributed by atoms with van der Waals surface area (Å²) in [5.74, 6) is 0.410. The molecule has 1 N–H and O–H groups in total. The van der Waals surface area contributed by atoms with Crippen LogP contribution in [0.15, 0.2) is 24.3 Å². The highest BCUT2D eigenvalue weighted by Gasteiger charge is 2.20. The second kappa shape index (κ2) is 7.24. The first-order valence-corrected chi connectivity index (χ1v) is 6.89. The standard InChI is InChI=1S/C14H20FN5O/c1-10(16-8-9-21-3)14-17-18-19-20(14)11(2)12-6-4-5-7-13(12)15/h4-7,10-11,16H,8-9H2,1-3H3. The molecule has 2 atom stereocenters. The number of rotatable bonds is 7. The van der Waals surface area contributed by atoms with Gasteiger partial charge in [0.2, 0.25) is 0 Å². The van der Waals surface area contributed by atoms with E-state index in [1.807, 2.05) is 13.8 Å². The third kappa shape index (κ3) is 3.62. The third-order valence-corrected chi connectivity index (χ3v) is 3.38. The maximum Gasteiger partial charge on any atom is 0.168 e. The first-order valence-electron chi connectivity index (χ1n) is 6.89. The Bertz CT molecular complexity index is 574. The summed E-state index contributed by atoms with van der Waals surface area (Å²) in [7, 11) is 1.65. The van der Waals surface area contributed by atoms with Crippen LogP contribution < -0.4 is 5.32 Å². The van der Waals surface area contributed by atoms with Gasteiger partial charge in [-0.05, 0) is 30.3 Å². The first kappa shape index (κ1) is 15.5. The molecule has 0 saturated carbocycles. The average Bonchev–Trinajstić information content (AvgIpc) is 2.96. The monoisotopic (exact) mass is 293 g/mol. The second-order valence-corrected chi connectivity index (χ2v) is 4.85. The molecule has 0 fully saturated rings. The van der Waals surface area contributed by atoms with Gasteiger partial charge in [-0.25, -0.2) is 9.07 Å². The summed E-state index contributed by atoms with van der Waals surface area (Å²) < 4.78 is 20.5. The molecule has 0 spiro atoms. The lowest BCUT2D eigenvalue weighted by Crippen LogP contribution is -2.27. The highest BCUT2D eigenvalue weighted by molar-refractivity contribution is 5.21. The van der Waals surface area contributed by atoms with Crippen LogP contribution in [0.4, 0.5) is 4.39 Å². The molecule has 0 radical (unpaired) electrons. The van der Waals surface area contributed by atoms with Crippen molar-refractivity contribution >= 4 is 0 Å². The Labute approximate surface area is 123 Å². The first-order chi connectivity index (χ1) is 10.1. The van der Waals surface area contributed by atoms with Gasteiger partial charge in [-0.2, -0.15) is 0 Å². The van der Waals surface area contributed by atoms with Crippen LogP contribution in [0.3, 0.4) is 0 Å². The highest BCUT2D eigenvalue weighted by atomic mass is 19.1. The molecular formula is C14H20FN5O. The summed E-state index contributed by atoms with van der Waals surface area (Å²) in [5, 5.41) is 15.0. The van der Waals surface area contributed by atoms with Crippen molar-refractivity contribution in [2.45, 2.75) is 25.9 Å². The number of hydrogen-bond acceptors (Lipinski definition) is 5. The summed E-state index contributed by atoms with van der Waals surface area (Å²) in [6.45, 7) is 5.14. The zero-order chi connectivity index (χ0) is 15.2. The number of hydrogen-bond donors (Lipinski definition) is 1. The van der Waals surface area contributed by atoms with Crippen molar-refractivity contribution in [1.82, 2.24) is 25.5 Å². The quantitative estimate of drug-likeness (QED) is 0.787. The van der Waals surface area contributed by atoms with Crippen LogP contribution in [0, 0.1) is 5.82 Å². The molecule has 0 bridgehead atoms. The van der Waals surface area contributed by atoms with E-state index in [1.54, 1.807) is 30.0 Å². The largest absolute Gasteiger partial charge is 0.383 e. The summed E-state index contributed by atoms with van der Waals surface area (Å²) in [6, 6.07) is 6.33. The Hall–Kier alpha value is -1.86. The number of nitrogens with one attached hydrogen (secondary N) is 1. The average molecular weight is 293 g/mol. The van der Waals surface area contributed by atoms with E-state index in [0.29, 0.717) is 24.5 Å². The van der Waals surface area contributed by atoms with Crippen molar-refractivity contribution in [3.8, 4) is 0 Å². The molecule has 0 aliphatic heterocycles. The number of nitrogens with zero attached hydrogens (tertiary/aromatic N) is 4. The fraction of sp³-hybridized carbons (Fsp3) is 0.500. The van der Waals surface area contributed by atoms with Crippen LogP contribution in [0.1, 0.15) is 37.3 Å². The second-order valence-electron chi connectivity index (χ2n) is 4.85. The highest BCUT2D eigenvalue weighted by Crippen LogP contribution is 2.22. The Morgan fingerprint density at radius 1 is 1.33 bits per heavy atom. The van der Waals surface area contributed by atoms with E-state index in [4.69, 9.17) is 4.74 Å². The molecule has 1 aromatic carbocycles. The molecule has 2 rings (SSSR count). The van der Waals surface area contributed by atoms with Crippen LogP contribution >= 0.6 is 0 Å². The number of methoxy groups -OCH3 is 1. The van der Waals surface area contributed by atoms with Crippen molar-refractivity contribution in [1.29, 1.82) is 0 Å². The van der Waals surface area contributed by atoms with Crippen LogP contribution in [0.5, 0.6) is 0 Å². The van der Waals surface area contributed by atoms with Crippen LogP contribution in [0.25, 0.3) is 0 Å².